The van der Waals surface area contributed by atoms with Crippen molar-refractivity contribution in [1.29, 1.82) is 0 Å². The quantitative estimate of drug-likeness (QED) is 0.945. The van der Waals surface area contributed by atoms with E-state index in [1.165, 1.54) is 11.3 Å². The van der Waals surface area contributed by atoms with E-state index in [1.54, 1.807) is 5.51 Å². The van der Waals surface area contributed by atoms with E-state index in [0.717, 1.165) is 36.3 Å². The minimum Gasteiger partial charge on any atom is -0.349 e. The molecule has 2 heterocycles. The Labute approximate surface area is 122 Å². The predicted molar refractivity (Wildman–Crippen MR) is 77.8 cm³/mol. The maximum atomic E-state index is 12.1. The highest BCUT2D eigenvalue weighted by Gasteiger charge is 2.24. The van der Waals surface area contributed by atoms with E-state index in [2.05, 4.69) is 15.4 Å². The molecular formula is C14H18N4OS. The highest BCUT2D eigenvalue weighted by molar-refractivity contribution is 7.11. The molecule has 1 fully saturated rings. The van der Waals surface area contributed by atoms with Gasteiger partial charge in [-0.25, -0.2) is 4.98 Å². The summed E-state index contributed by atoms with van der Waals surface area (Å²) in [6, 6.07) is 2.71. The third-order valence-electron chi connectivity index (χ3n) is 3.88. The molecule has 1 amide bonds. The lowest BCUT2D eigenvalue weighted by Gasteiger charge is -2.29. The number of thiazole rings is 1. The molecular weight excluding hydrogens is 272 g/mol. The van der Waals surface area contributed by atoms with Gasteiger partial charge < -0.3 is 5.32 Å². The van der Waals surface area contributed by atoms with E-state index >= 15 is 0 Å². The zero-order valence-electron chi connectivity index (χ0n) is 11.5. The number of hydrogen-bond donors (Lipinski definition) is 1. The highest BCUT2D eigenvalue weighted by atomic mass is 32.1. The molecule has 0 unspecified atom stereocenters. The molecule has 1 aliphatic rings. The summed E-state index contributed by atoms with van der Waals surface area (Å²) in [7, 11) is 0. The standard InChI is InChI=1S/C14H18N4OS/c1-10-13(20-9-15-10)14(19)17-11-3-5-12(6-4-11)18-8-2-7-16-18/h2,7-9,11-12H,3-6H2,1H3,(H,17,19). The Balaban J connectivity index is 1.54. The van der Waals surface area contributed by atoms with Crippen molar-refractivity contribution < 1.29 is 4.79 Å². The molecule has 1 saturated carbocycles. The summed E-state index contributed by atoms with van der Waals surface area (Å²) in [5.74, 6) is 0.0209. The second-order valence-electron chi connectivity index (χ2n) is 5.23. The Morgan fingerprint density at radius 2 is 2.20 bits per heavy atom. The van der Waals surface area contributed by atoms with Crippen LogP contribution in [0.25, 0.3) is 0 Å². The van der Waals surface area contributed by atoms with Crippen LogP contribution in [0.5, 0.6) is 0 Å². The number of carbonyl (C=O) groups is 1. The first-order chi connectivity index (χ1) is 9.74. The monoisotopic (exact) mass is 290 g/mol. The summed E-state index contributed by atoms with van der Waals surface area (Å²) >= 11 is 1.41. The summed E-state index contributed by atoms with van der Waals surface area (Å²) in [4.78, 5) is 17.0. The topological polar surface area (TPSA) is 59.8 Å². The van der Waals surface area contributed by atoms with E-state index in [4.69, 9.17) is 0 Å². The van der Waals surface area contributed by atoms with Gasteiger partial charge in [0.15, 0.2) is 0 Å². The molecule has 1 aliphatic carbocycles. The molecule has 0 radical (unpaired) electrons. The lowest BCUT2D eigenvalue weighted by molar-refractivity contribution is 0.0925. The average molecular weight is 290 g/mol. The Morgan fingerprint density at radius 3 is 2.80 bits per heavy atom. The molecule has 1 N–H and O–H groups in total. The molecule has 0 bridgehead atoms. The fourth-order valence-corrected chi connectivity index (χ4v) is 3.46. The number of nitrogens with zero attached hydrogens (tertiary/aromatic N) is 3. The van der Waals surface area contributed by atoms with E-state index in [9.17, 15) is 4.79 Å². The van der Waals surface area contributed by atoms with E-state index < -0.39 is 0 Å². The van der Waals surface area contributed by atoms with Crippen LogP contribution in [-0.2, 0) is 0 Å². The second kappa shape index (κ2) is 5.75. The number of hydrogen-bond acceptors (Lipinski definition) is 4. The van der Waals surface area contributed by atoms with Crippen molar-refractivity contribution in [1.82, 2.24) is 20.1 Å². The molecule has 6 heteroatoms. The van der Waals surface area contributed by atoms with Crippen molar-refractivity contribution in [2.75, 3.05) is 0 Å². The molecule has 106 valence electrons. The zero-order valence-corrected chi connectivity index (χ0v) is 12.3. The van der Waals surface area contributed by atoms with Crippen LogP contribution in [0.1, 0.15) is 47.1 Å². The normalized spacial score (nSPS) is 22.6. The molecule has 0 atom stereocenters. The van der Waals surface area contributed by atoms with E-state index in [0.29, 0.717) is 6.04 Å². The minimum absolute atomic E-state index is 0.0209. The maximum absolute atomic E-state index is 12.1. The van der Waals surface area contributed by atoms with Crippen LogP contribution in [-0.4, -0.2) is 26.7 Å². The number of nitrogens with one attached hydrogen (secondary N) is 1. The number of carbonyl (C=O) groups excluding carboxylic acids is 1. The Bertz CT molecular complexity index is 570. The average Bonchev–Trinajstić information content (AvgIpc) is 3.10. The first-order valence-electron chi connectivity index (χ1n) is 6.94. The number of rotatable bonds is 3. The number of aryl methyl sites for hydroxylation is 1. The fourth-order valence-electron chi connectivity index (χ4n) is 2.75. The largest absolute Gasteiger partial charge is 0.349 e. The number of amides is 1. The molecule has 2 aromatic heterocycles. The van der Waals surface area contributed by atoms with Gasteiger partial charge in [0.05, 0.1) is 17.2 Å². The smallest absolute Gasteiger partial charge is 0.263 e. The zero-order chi connectivity index (χ0) is 13.9. The van der Waals surface area contributed by atoms with Crippen molar-refractivity contribution in [2.24, 2.45) is 0 Å². The van der Waals surface area contributed by atoms with Crippen LogP contribution >= 0.6 is 11.3 Å². The van der Waals surface area contributed by atoms with Gasteiger partial charge in [0.2, 0.25) is 0 Å². The van der Waals surface area contributed by atoms with Crippen molar-refractivity contribution in [3.63, 3.8) is 0 Å². The summed E-state index contributed by atoms with van der Waals surface area (Å²) in [6.07, 6.45) is 7.98. The van der Waals surface area contributed by atoms with Crippen molar-refractivity contribution in [2.45, 2.75) is 44.7 Å². The molecule has 0 spiro atoms. The van der Waals surface area contributed by atoms with Crippen LogP contribution < -0.4 is 5.32 Å². The van der Waals surface area contributed by atoms with Crippen LogP contribution in [0.3, 0.4) is 0 Å². The molecule has 0 saturated heterocycles. The lowest BCUT2D eigenvalue weighted by atomic mass is 9.91. The molecule has 2 aromatic rings. The molecule has 5 nitrogen and oxygen atoms in total. The molecule has 0 aromatic carbocycles. The van der Waals surface area contributed by atoms with Crippen molar-refractivity contribution in [3.05, 3.63) is 34.5 Å². The number of aromatic nitrogens is 3. The Morgan fingerprint density at radius 1 is 1.40 bits per heavy atom. The first kappa shape index (κ1) is 13.3. The molecule has 3 rings (SSSR count). The summed E-state index contributed by atoms with van der Waals surface area (Å²) in [5.41, 5.74) is 2.54. The predicted octanol–water partition coefficient (Wildman–Crippen LogP) is 2.56. The van der Waals surface area contributed by atoms with Gasteiger partial charge in [-0.1, -0.05) is 0 Å². The van der Waals surface area contributed by atoms with Gasteiger partial charge >= 0.3 is 0 Å². The fraction of sp³-hybridized carbons (Fsp3) is 0.500. The molecule has 0 aliphatic heterocycles. The van der Waals surface area contributed by atoms with Crippen molar-refractivity contribution >= 4 is 17.2 Å². The van der Waals surface area contributed by atoms with Crippen LogP contribution in [0.2, 0.25) is 0 Å². The summed E-state index contributed by atoms with van der Waals surface area (Å²) in [6.45, 7) is 1.88. The van der Waals surface area contributed by atoms with Gasteiger partial charge in [-0.3, -0.25) is 9.48 Å². The third-order valence-corrected chi connectivity index (χ3v) is 4.81. The lowest BCUT2D eigenvalue weighted by Crippen LogP contribution is -2.38. The van der Waals surface area contributed by atoms with Gasteiger partial charge in [0.25, 0.3) is 5.91 Å². The summed E-state index contributed by atoms with van der Waals surface area (Å²) in [5, 5.41) is 7.43. The third kappa shape index (κ3) is 2.75. The van der Waals surface area contributed by atoms with Crippen LogP contribution in [0, 0.1) is 6.92 Å². The maximum Gasteiger partial charge on any atom is 0.263 e. The second-order valence-corrected chi connectivity index (χ2v) is 6.09. The highest BCUT2D eigenvalue weighted by Crippen LogP contribution is 2.28. The van der Waals surface area contributed by atoms with E-state index in [1.807, 2.05) is 30.1 Å². The van der Waals surface area contributed by atoms with Gasteiger partial charge in [0.1, 0.15) is 4.88 Å². The van der Waals surface area contributed by atoms with E-state index in [-0.39, 0.29) is 11.9 Å². The van der Waals surface area contributed by atoms with Gasteiger partial charge in [-0.05, 0) is 38.7 Å². The van der Waals surface area contributed by atoms with Gasteiger partial charge in [0, 0.05) is 18.4 Å². The first-order valence-corrected chi connectivity index (χ1v) is 7.82. The minimum atomic E-state index is 0.0209. The molecule has 20 heavy (non-hydrogen) atoms. The SMILES string of the molecule is Cc1ncsc1C(=O)NC1CCC(n2cccn2)CC1. The van der Waals surface area contributed by atoms with Crippen molar-refractivity contribution in [3.8, 4) is 0 Å². The van der Waals surface area contributed by atoms with Crippen LogP contribution in [0.4, 0.5) is 0 Å². The van der Waals surface area contributed by atoms with Crippen LogP contribution in [0.15, 0.2) is 24.0 Å². The Hall–Kier alpha value is -1.69. The Kier molecular flexibility index (Phi) is 3.82. The van der Waals surface area contributed by atoms with Gasteiger partial charge in [-0.2, -0.15) is 5.10 Å². The van der Waals surface area contributed by atoms with Gasteiger partial charge in [-0.15, -0.1) is 11.3 Å². The summed E-state index contributed by atoms with van der Waals surface area (Å²) < 4.78 is 2.03.